The summed E-state index contributed by atoms with van der Waals surface area (Å²) >= 11 is 5.38. The molecule has 0 unspecified atom stereocenters. The van der Waals surface area contributed by atoms with E-state index in [4.69, 9.17) is 9.47 Å². The summed E-state index contributed by atoms with van der Waals surface area (Å²) in [5.74, 6) is 2.55. The van der Waals surface area contributed by atoms with Crippen molar-refractivity contribution in [2.45, 2.75) is 10.6 Å². The third-order valence-electron chi connectivity index (χ3n) is 2.68. The van der Waals surface area contributed by atoms with Gasteiger partial charge in [0.1, 0.15) is 0 Å². The Morgan fingerprint density at radius 3 is 2.56 bits per heavy atom. The lowest BCUT2D eigenvalue weighted by Crippen LogP contribution is -1.92. The molecule has 0 radical (unpaired) electrons. The Bertz CT molecular complexity index is 557. The van der Waals surface area contributed by atoms with Crippen LogP contribution < -0.4 is 9.47 Å². The molecule has 2 nitrogen and oxygen atoms in total. The minimum absolute atomic E-state index is 0.317. The van der Waals surface area contributed by atoms with Gasteiger partial charge in [0.05, 0.1) is 0 Å². The van der Waals surface area contributed by atoms with E-state index in [0.29, 0.717) is 6.79 Å². The number of fused-ring (bicyclic) bond motifs is 1. The predicted octanol–water partition coefficient (Wildman–Crippen LogP) is 4.47. The van der Waals surface area contributed by atoms with Crippen LogP contribution in [0.5, 0.6) is 11.5 Å². The summed E-state index contributed by atoms with van der Waals surface area (Å²) in [6.45, 7) is 0.317. The summed E-state index contributed by atoms with van der Waals surface area (Å²) in [5.41, 5.74) is 1.22. The molecule has 1 heterocycles. The summed E-state index contributed by atoms with van der Waals surface area (Å²) in [6.07, 6.45) is 0. The molecule has 0 spiro atoms. The first-order valence-electron chi connectivity index (χ1n) is 5.59. The van der Waals surface area contributed by atoms with Crippen molar-refractivity contribution in [3.63, 3.8) is 0 Å². The van der Waals surface area contributed by atoms with E-state index < -0.39 is 0 Å². The fraction of sp³-hybridized carbons (Fsp3) is 0.143. The van der Waals surface area contributed by atoms with Crippen molar-refractivity contribution in [1.82, 2.24) is 0 Å². The zero-order valence-corrected chi connectivity index (χ0v) is 12.0. The molecular formula is C14H11BrO2S. The Balaban J connectivity index is 1.77. The van der Waals surface area contributed by atoms with Crippen molar-refractivity contribution in [3.8, 4) is 11.5 Å². The van der Waals surface area contributed by atoms with Crippen molar-refractivity contribution in [2.75, 3.05) is 6.79 Å². The minimum Gasteiger partial charge on any atom is -0.454 e. The summed E-state index contributed by atoms with van der Waals surface area (Å²) in [4.78, 5) is 1.27. The Kier molecular flexibility index (Phi) is 3.48. The summed E-state index contributed by atoms with van der Waals surface area (Å²) in [6, 6.07) is 14.4. The Labute approximate surface area is 118 Å². The summed E-state index contributed by atoms with van der Waals surface area (Å²) in [7, 11) is 0. The van der Waals surface area contributed by atoms with Crippen LogP contribution in [0.3, 0.4) is 0 Å². The molecule has 0 aliphatic carbocycles. The van der Waals surface area contributed by atoms with Crippen LogP contribution in [0, 0.1) is 0 Å². The van der Waals surface area contributed by atoms with Gasteiger partial charge in [0.2, 0.25) is 6.79 Å². The van der Waals surface area contributed by atoms with Crippen LogP contribution in [0.4, 0.5) is 0 Å². The van der Waals surface area contributed by atoms with E-state index in [1.165, 1.54) is 10.5 Å². The van der Waals surface area contributed by atoms with E-state index in [2.05, 4.69) is 40.2 Å². The van der Waals surface area contributed by atoms with Crippen molar-refractivity contribution in [3.05, 3.63) is 52.5 Å². The van der Waals surface area contributed by atoms with Gasteiger partial charge in [-0.25, -0.2) is 0 Å². The number of rotatable bonds is 3. The average Bonchev–Trinajstić information content (AvgIpc) is 2.84. The number of hydrogen-bond acceptors (Lipinski definition) is 3. The maximum absolute atomic E-state index is 5.39. The van der Waals surface area contributed by atoms with Crippen LogP contribution in [0.1, 0.15) is 5.56 Å². The molecule has 92 valence electrons. The zero-order valence-electron chi connectivity index (χ0n) is 9.56. The fourth-order valence-electron chi connectivity index (χ4n) is 1.75. The maximum atomic E-state index is 5.39. The van der Waals surface area contributed by atoms with Crippen LogP contribution in [-0.4, -0.2) is 6.79 Å². The molecule has 0 atom stereocenters. The van der Waals surface area contributed by atoms with E-state index in [9.17, 15) is 0 Å². The van der Waals surface area contributed by atoms with Gasteiger partial charge in [-0.05, 0) is 29.8 Å². The van der Waals surface area contributed by atoms with Crippen LogP contribution in [0.25, 0.3) is 0 Å². The first-order chi connectivity index (χ1) is 8.83. The van der Waals surface area contributed by atoms with E-state index in [1.54, 1.807) is 11.8 Å². The lowest BCUT2D eigenvalue weighted by atomic mass is 10.2. The van der Waals surface area contributed by atoms with Gasteiger partial charge in [0, 0.05) is 15.1 Å². The molecule has 3 rings (SSSR count). The molecule has 4 heteroatoms. The molecule has 2 aromatic carbocycles. The second-order valence-corrected chi connectivity index (χ2v) is 5.80. The SMILES string of the molecule is Brc1cc2c(cc1CSc1ccccc1)OCO2. The first-order valence-corrected chi connectivity index (χ1v) is 7.36. The number of halogens is 1. The van der Waals surface area contributed by atoms with Gasteiger partial charge in [-0.15, -0.1) is 11.8 Å². The first kappa shape index (κ1) is 11.9. The molecule has 0 saturated carbocycles. The lowest BCUT2D eigenvalue weighted by molar-refractivity contribution is 0.174. The monoisotopic (exact) mass is 322 g/mol. The minimum atomic E-state index is 0.317. The topological polar surface area (TPSA) is 18.5 Å². The van der Waals surface area contributed by atoms with Gasteiger partial charge in [-0.1, -0.05) is 34.1 Å². The standard InChI is InChI=1S/C14H11BrO2S/c15-12-7-14-13(16-9-17-14)6-10(12)8-18-11-4-2-1-3-5-11/h1-7H,8-9H2. The molecule has 18 heavy (non-hydrogen) atoms. The van der Waals surface area contributed by atoms with E-state index in [-0.39, 0.29) is 0 Å². The van der Waals surface area contributed by atoms with Gasteiger partial charge in [0.15, 0.2) is 11.5 Å². The maximum Gasteiger partial charge on any atom is 0.231 e. The summed E-state index contributed by atoms with van der Waals surface area (Å²) < 4.78 is 11.8. The molecule has 1 aliphatic rings. The third kappa shape index (κ3) is 2.49. The number of hydrogen-bond donors (Lipinski definition) is 0. The van der Waals surface area contributed by atoms with Gasteiger partial charge in [0.25, 0.3) is 0 Å². The molecule has 1 aliphatic heterocycles. The van der Waals surface area contributed by atoms with Crippen molar-refractivity contribution in [1.29, 1.82) is 0 Å². The number of ether oxygens (including phenoxy) is 2. The molecule has 0 N–H and O–H groups in total. The van der Waals surface area contributed by atoms with Crippen LogP contribution >= 0.6 is 27.7 Å². The van der Waals surface area contributed by atoms with Crippen molar-refractivity contribution < 1.29 is 9.47 Å². The highest BCUT2D eigenvalue weighted by molar-refractivity contribution is 9.10. The molecule has 0 fully saturated rings. The molecule has 0 amide bonds. The van der Waals surface area contributed by atoms with E-state index in [1.807, 2.05) is 18.2 Å². The molecule has 0 saturated heterocycles. The molecule has 0 bridgehead atoms. The highest BCUT2D eigenvalue weighted by Gasteiger charge is 2.16. The molecule has 0 aromatic heterocycles. The lowest BCUT2D eigenvalue weighted by Gasteiger charge is -2.06. The van der Waals surface area contributed by atoms with Gasteiger partial charge in [-0.2, -0.15) is 0 Å². The number of thioether (sulfide) groups is 1. The van der Waals surface area contributed by atoms with Gasteiger partial charge < -0.3 is 9.47 Å². The van der Waals surface area contributed by atoms with Crippen LogP contribution in [-0.2, 0) is 5.75 Å². The van der Waals surface area contributed by atoms with Crippen molar-refractivity contribution in [2.24, 2.45) is 0 Å². The molecule has 2 aromatic rings. The van der Waals surface area contributed by atoms with E-state index >= 15 is 0 Å². The van der Waals surface area contributed by atoms with Gasteiger partial charge in [-0.3, -0.25) is 0 Å². The van der Waals surface area contributed by atoms with Gasteiger partial charge >= 0.3 is 0 Å². The molecular weight excluding hydrogens is 312 g/mol. The largest absolute Gasteiger partial charge is 0.454 e. The van der Waals surface area contributed by atoms with E-state index in [0.717, 1.165) is 21.7 Å². The predicted molar refractivity (Wildman–Crippen MR) is 76.3 cm³/mol. The van der Waals surface area contributed by atoms with Crippen molar-refractivity contribution >= 4 is 27.7 Å². The zero-order chi connectivity index (χ0) is 12.4. The second kappa shape index (κ2) is 5.24. The quantitative estimate of drug-likeness (QED) is 0.777. The number of benzene rings is 2. The highest BCUT2D eigenvalue weighted by atomic mass is 79.9. The summed E-state index contributed by atoms with van der Waals surface area (Å²) in [5, 5.41) is 0. The Morgan fingerprint density at radius 2 is 1.78 bits per heavy atom. The average molecular weight is 323 g/mol. The normalized spacial score (nSPS) is 12.7. The third-order valence-corrected chi connectivity index (χ3v) is 4.48. The Hall–Kier alpha value is -1.13. The Morgan fingerprint density at radius 1 is 1.06 bits per heavy atom. The second-order valence-electron chi connectivity index (χ2n) is 3.90. The van der Waals surface area contributed by atoms with Crippen LogP contribution in [0.15, 0.2) is 51.8 Å². The highest BCUT2D eigenvalue weighted by Crippen LogP contribution is 2.38. The fourth-order valence-corrected chi connectivity index (χ4v) is 3.31. The van der Waals surface area contributed by atoms with Crippen LogP contribution in [0.2, 0.25) is 0 Å². The smallest absolute Gasteiger partial charge is 0.231 e.